The summed E-state index contributed by atoms with van der Waals surface area (Å²) < 4.78 is 12.4. The molecule has 0 spiro atoms. The number of carboxylic acids is 1. The van der Waals surface area contributed by atoms with Crippen LogP contribution in [0.25, 0.3) is 0 Å². The van der Waals surface area contributed by atoms with Crippen LogP contribution in [0.5, 0.6) is 5.75 Å². The molecule has 1 aromatic carbocycles. The summed E-state index contributed by atoms with van der Waals surface area (Å²) in [5.41, 5.74) is 5.66. The van der Waals surface area contributed by atoms with Crippen molar-refractivity contribution in [2.45, 2.75) is 13.0 Å². The first-order valence-corrected chi connectivity index (χ1v) is 4.36. The van der Waals surface area contributed by atoms with Crippen LogP contribution in [0.2, 0.25) is 0 Å². The molecule has 1 rings (SSSR count). The van der Waals surface area contributed by atoms with Crippen molar-refractivity contribution in [3.8, 4) is 5.75 Å². The smallest absolute Gasteiger partial charge is 0.336 e. The van der Waals surface area contributed by atoms with E-state index in [0.717, 1.165) is 0 Å². The predicted molar refractivity (Wildman–Crippen MR) is 52.7 cm³/mol. The first-order valence-electron chi connectivity index (χ1n) is 4.36. The van der Waals surface area contributed by atoms with Crippen molar-refractivity contribution in [2.24, 2.45) is 5.73 Å². The van der Waals surface area contributed by atoms with Crippen molar-refractivity contribution >= 4 is 5.97 Å². The molecule has 0 bridgehead atoms. The van der Waals surface area contributed by atoms with E-state index in [9.17, 15) is 14.3 Å². The number of hydrogen-bond donors (Lipinski definition) is 3. The summed E-state index contributed by atoms with van der Waals surface area (Å²) in [6, 6.07) is 1.64. The highest BCUT2D eigenvalue weighted by Crippen LogP contribution is 2.30. The fraction of sp³-hybridized carbons (Fsp3) is 0.300. The van der Waals surface area contributed by atoms with Gasteiger partial charge in [0.15, 0.2) is 0 Å². The monoisotopic (exact) mass is 213 g/mol. The van der Waals surface area contributed by atoms with Gasteiger partial charge >= 0.3 is 5.97 Å². The zero-order chi connectivity index (χ0) is 11.6. The number of aryl methyl sites for hydroxylation is 1. The molecular weight excluding hydrogens is 201 g/mol. The molecule has 0 heterocycles. The molecule has 5 heteroatoms. The SMILES string of the molecule is Cc1ccc(C(=O)O)c([C@H](N)CF)c1O. The molecule has 1 aromatic rings. The number of hydrogen-bond acceptors (Lipinski definition) is 3. The minimum absolute atomic E-state index is 0.0509. The molecule has 0 aromatic heterocycles. The first-order chi connectivity index (χ1) is 6.99. The van der Waals surface area contributed by atoms with Crippen molar-refractivity contribution in [1.29, 1.82) is 0 Å². The van der Waals surface area contributed by atoms with Crippen LogP contribution < -0.4 is 5.73 Å². The van der Waals surface area contributed by atoms with Crippen molar-refractivity contribution in [1.82, 2.24) is 0 Å². The number of aromatic hydroxyl groups is 1. The van der Waals surface area contributed by atoms with E-state index in [1.807, 2.05) is 0 Å². The van der Waals surface area contributed by atoms with E-state index in [2.05, 4.69) is 0 Å². The van der Waals surface area contributed by atoms with E-state index in [1.165, 1.54) is 12.1 Å². The molecule has 0 radical (unpaired) electrons. The maximum Gasteiger partial charge on any atom is 0.336 e. The number of nitrogens with two attached hydrogens (primary N) is 1. The van der Waals surface area contributed by atoms with E-state index in [0.29, 0.717) is 5.56 Å². The van der Waals surface area contributed by atoms with Gasteiger partial charge in [0.2, 0.25) is 0 Å². The second-order valence-electron chi connectivity index (χ2n) is 3.26. The molecule has 0 amide bonds. The third-order valence-corrected chi connectivity index (χ3v) is 2.19. The number of alkyl halides is 1. The molecule has 0 saturated carbocycles. The Morgan fingerprint density at radius 1 is 1.60 bits per heavy atom. The quantitative estimate of drug-likeness (QED) is 0.708. The number of aromatic carboxylic acids is 1. The second-order valence-corrected chi connectivity index (χ2v) is 3.26. The van der Waals surface area contributed by atoms with Crippen LogP contribution in [0.4, 0.5) is 4.39 Å². The largest absolute Gasteiger partial charge is 0.507 e. The zero-order valence-corrected chi connectivity index (χ0v) is 8.20. The fourth-order valence-corrected chi connectivity index (χ4v) is 1.36. The minimum Gasteiger partial charge on any atom is -0.507 e. The molecule has 1 atom stereocenters. The van der Waals surface area contributed by atoms with Crippen LogP contribution in [0.15, 0.2) is 12.1 Å². The molecule has 0 aliphatic heterocycles. The van der Waals surface area contributed by atoms with Crippen LogP contribution in [0.1, 0.15) is 27.5 Å². The van der Waals surface area contributed by atoms with E-state index in [1.54, 1.807) is 6.92 Å². The summed E-state index contributed by atoms with van der Waals surface area (Å²) in [6.07, 6.45) is 0. The van der Waals surface area contributed by atoms with Crippen LogP contribution in [-0.4, -0.2) is 22.9 Å². The average Bonchev–Trinajstić information content (AvgIpc) is 2.20. The van der Waals surface area contributed by atoms with E-state index >= 15 is 0 Å². The van der Waals surface area contributed by atoms with Gasteiger partial charge in [0.25, 0.3) is 0 Å². The van der Waals surface area contributed by atoms with Gasteiger partial charge in [-0.3, -0.25) is 0 Å². The second kappa shape index (κ2) is 4.27. The Balaban J connectivity index is 3.41. The Kier molecular flexibility index (Phi) is 3.26. The number of carboxylic acid groups (broad SMARTS) is 1. The number of halogens is 1. The Bertz CT molecular complexity index is 392. The van der Waals surface area contributed by atoms with Gasteiger partial charge in [0.05, 0.1) is 11.6 Å². The normalized spacial score (nSPS) is 12.5. The van der Waals surface area contributed by atoms with E-state index in [-0.39, 0.29) is 16.9 Å². The molecule has 15 heavy (non-hydrogen) atoms. The molecule has 0 fully saturated rings. The van der Waals surface area contributed by atoms with E-state index in [4.69, 9.17) is 10.8 Å². The van der Waals surface area contributed by atoms with Crippen LogP contribution >= 0.6 is 0 Å². The Labute approximate surface area is 86.1 Å². The highest BCUT2D eigenvalue weighted by Gasteiger charge is 2.21. The van der Waals surface area contributed by atoms with E-state index < -0.39 is 18.7 Å². The van der Waals surface area contributed by atoms with Crippen LogP contribution in [0.3, 0.4) is 0 Å². The number of phenolic OH excluding ortho intramolecular Hbond substituents is 1. The molecule has 4 nitrogen and oxygen atoms in total. The van der Waals surface area contributed by atoms with Gasteiger partial charge in [0.1, 0.15) is 12.4 Å². The number of benzene rings is 1. The van der Waals surface area contributed by atoms with Gasteiger partial charge in [0, 0.05) is 5.56 Å². The van der Waals surface area contributed by atoms with Gasteiger partial charge in [-0.1, -0.05) is 6.07 Å². The minimum atomic E-state index is -1.23. The third-order valence-electron chi connectivity index (χ3n) is 2.19. The van der Waals surface area contributed by atoms with Crippen molar-refractivity contribution < 1.29 is 19.4 Å². The Morgan fingerprint density at radius 3 is 2.67 bits per heavy atom. The molecule has 0 aliphatic carbocycles. The maximum atomic E-state index is 12.4. The lowest BCUT2D eigenvalue weighted by Gasteiger charge is -2.14. The highest BCUT2D eigenvalue weighted by molar-refractivity contribution is 5.90. The molecule has 0 unspecified atom stereocenters. The third kappa shape index (κ3) is 2.07. The van der Waals surface area contributed by atoms with Gasteiger partial charge in [-0.05, 0) is 18.6 Å². The summed E-state index contributed by atoms with van der Waals surface area (Å²) in [4.78, 5) is 10.8. The summed E-state index contributed by atoms with van der Waals surface area (Å²) >= 11 is 0. The summed E-state index contributed by atoms with van der Waals surface area (Å²) in [5, 5.41) is 18.5. The molecule has 4 N–H and O–H groups in total. The van der Waals surface area contributed by atoms with Gasteiger partial charge in [-0.15, -0.1) is 0 Å². The average molecular weight is 213 g/mol. The van der Waals surface area contributed by atoms with Crippen molar-refractivity contribution in [3.05, 3.63) is 28.8 Å². The first kappa shape index (κ1) is 11.5. The summed E-state index contributed by atoms with van der Waals surface area (Å²) in [7, 11) is 0. The van der Waals surface area contributed by atoms with Crippen molar-refractivity contribution in [2.75, 3.05) is 6.67 Å². The molecule has 0 aliphatic rings. The van der Waals surface area contributed by atoms with Gasteiger partial charge in [-0.25, -0.2) is 9.18 Å². The van der Waals surface area contributed by atoms with Crippen molar-refractivity contribution in [3.63, 3.8) is 0 Å². The lowest BCUT2D eigenvalue weighted by Crippen LogP contribution is -2.17. The predicted octanol–water partition coefficient (Wildman–Crippen LogP) is 1.37. The van der Waals surface area contributed by atoms with Gasteiger partial charge < -0.3 is 15.9 Å². The summed E-state index contributed by atoms with van der Waals surface area (Å²) in [5.74, 6) is -1.48. The Hall–Kier alpha value is -1.62. The molecule has 82 valence electrons. The fourth-order valence-electron chi connectivity index (χ4n) is 1.36. The highest BCUT2D eigenvalue weighted by atomic mass is 19.1. The maximum absolute atomic E-state index is 12.4. The molecule has 0 saturated heterocycles. The lowest BCUT2D eigenvalue weighted by molar-refractivity contribution is 0.0694. The Morgan fingerprint density at radius 2 is 2.20 bits per heavy atom. The number of rotatable bonds is 3. The lowest BCUT2D eigenvalue weighted by atomic mass is 9.97. The standard InChI is InChI=1S/C10H12FNO3/c1-5-2-3-6(10(14)15)8(9(5)13)7(12)4-11/h2-3,7,13H,4,12H2,1H3,(H,14,15)/t7-/m1/s1. The molecular formula is C10H12FNO3. The summed E-state index contributed by atoms with van der Waals surface area (Å²) in [6.45, 7) is 0.673. The number of carbonyl (C=O) groups is 1. The number of phenols is 1. The van der Waals surface area contributed by atoms with Crippen LogP contribution in [0, 0.1) is 6.92 Å². The zero-order valence-electron chi connectivity index (χ0n) is 8.20. The van der Waals surface area contributed by atoms with Gasteiger partial charge in [-0.2, -0.15) is 0 Å². The van der Waals surface area contributed by atoms with Crippen LogP contribution in [-0.2, 0) is 0 Å². The topological polar surface area (TPSA) is 83.5 Å².